The molecule has 0 atom stereocenters. The Hall–Kier alpha value is -1.10. The van der Waals surface area contributed by atoms with Gasteiger partial charge >= 0.3 is 0 Å². The number of likely N-dealkylation sites (N-methyl/N-ethyl adjacent to an activating group) is 2. The van der Waals surface area contributed by atoms with Gasteiger partial charge < -0.3 is 0 Å². The molecule has 0 aliphatic carbocycles. The van der Waals surface area contributed by atoms with Crippen molar-refractivity contribution in [2.75, 3.05) is 39.3 Å². The summed E-state index contributed by atoms with van der Waals surface area (Å²) >= 11 is 0. The smallest absolute Gasteiger partial charge is 0.0866 e. The minimum Gasteiger partial charge on any atom is -0.290 e. The summed E-state index contributed by atoms with van der Waals surface area (Å²) in [5.41, 5.74) is 0. The molecule has 0 radical (unpaired) electrons. The zero-order valence-corrected chi connectivity index (χ0v) is 9.03. The molecule has 4 nitrogen and oxygen atoms in total. The fourth-order valence-electron chi connectivity index (χ4n) is 1.18. The van der Waals surface area contributed by atoms with E-state index in [9.17, 15) is 0 Å². The van der Waals surface area contributed by atoms with E-state index < -0.39 is 0 Å². The third-order valence-corrected chi connectivity index (χ3v) is 2.22. The predicted octanol–water partition coefficient (Wildman–Crippen LogP) is 0.677. The van der Waals surface area contributed by atoms with Crippen LogP contribution >= 0.6 is 0 Å². The Morgan fingerprint density at radius 1 is 0.857 bits per heavy atom. The molecule has 0 amide bonds. The van der Waals surface area contributed by atoms with Crippen LogP contribution in [0.4, 0.5) is 0 Å². The van der Waals surface area contributed by atoms with Gasteiger partial charge in [0.15, 0.2) is 0 Å². The van der Waals surface area contributed by atoms with Crippen LogP contribution in [0.5, 0.6) is 0 Å². The lowest BCUT2D eigenvalue weighted by Crippen LogP contribution is -2.35. The van der Waals surface area contributed by atoms with Gasteiger partial charge in [0.05, 0.1) is 25.2 Å². The van der Waals surface area contributed by atoms with Crippen LogP contribution in [0.2, 0.25) is 0 Å². The average Bonchev–Trinajstić information content (AvgIpc) is 2.22. The van der Waals surface area contributed by atoms with Crippen molar-refractivity contribution in [2.24, 2.45) is 0 Å². The third kappa shape index (κ3) is 5.53. The summed E-state index contributed by atoms with van der Waals surface area (Å²) in [5.74, 6) is 0. The monoisotopic (exact) mass is 194 g/mol. The van der Waals surface area contributed by atoms with Gasteiger partial charge in [-0.25, -0.2) is 0 Å². The molecule has 0 aliphatic heterocycles. The molecule has 78 valence electrons. The molecule has 4 heteroatoms. The van der Waals surface area contributed by atoms with E-state index in [1.54, 1.807) is 0 Å². The van der Waals surface area contributed by atoms with Gasteiger partial charge in [-0.3, -0.25) is 9.80 Å². The Morgan fingerprint density at radius 3 is 1.43 bits per heavy atom. The number of nitriles is 2. The highest BCUT2D eigenvalue weighted by Gasteiger charge is 2.05. The molecule has 14 heavy (non-hydrogen) atoms. The van der Waals surface area contributed by atoms with Crippen molar-refractivity contribution in [3.05, 3.63) is 0 Å². The Balaban J connectivity index is 3.77. The summed E-state index contributed by atoms with van der Waals surface area (Å²) < 4.78 is 0. The first-order chi connectivity index (χ1) is 6.78. The van der Waals surface area contributed by atoms with E-state index in [0.29, 0.717) is 13.1 Å². The molecular formula is C10H18N4. The first-order valence-electron chi connectivity index (χ1n) is 4.97. The van der Waals surface area contributed by atoms with E-state index in [0.717, 1.165) is 26.2 Å². The van der Waals surface area contributed by atoms with Crippen molar-refractivity contribution in [3.8, 4) is 12.1 Å². The normalized spacial score (nSPS) is 10.1. The van der Waals surface area contributed by atoms with Crippen LogP contribution in [0.25, 0.3) is 0 Å². The summed E-state index contributed by atoms with van der Waals surface area (Å²) in [4.78, 5) is 4.14. The lowest BCUT2D eigenvalue weighted by atomic mass is 10.4. The number of hydrogen-bond donors (Lipinski definition) is 0. The first kappa shape index (κ1) is 12.9. The van der Waals surface area contributed by atoms with Crippen molar-refractivity contribution in [1.82, 2.24) is 9.80 Å². The van der Waals surface area contributed by atoms with Crippen molar-refractivity contribution in [3.63, 3.8) is 0 Å². The number of rotatable bonds is 7. The van der Waals surface area contributed by atoms with Crippen molar-refractivity contribution in [2.45, 2.75) is 13.8 Å². The lowest BCUT2D eigenvalue weighted by Gasteiger charge is -2.22. The molecule has 0 aromatic heterocycles. The quantitative estimate of drug-likeness (QED) is 0.559. The molecule has 0 N–H and O–H groups in total. The summed E-state index contributed by atoms with van der Waals surface area (Å²) in [6, 6.07) is 4.27. The summed E-state index contributed by atoms with van der Waals surface area (Å²) in [7, 11) is 0. The van der Waals surface area contributed by atoms with Gasteiger partial charge in [-0.15, -0.1) is 0 Å². The van der Waals surface area contributed by atoms with Gasteiger partial charge in [0.1, 0.15) is 0 Å². The van der Waals surface area contributed by atoms with E-state index in [-0.39, 0.29) is 0 Å². The topological polar surface area (TPSA) is 54.1 Å². The Morgan fingerprint density at radius 2 is 1.21 bits per heavy atom. The van der Waals surface area contributed by atoms with Crippen LogP contribution in [0.15, 0.2) is 0 Å². The van der Waals surface area contributed by atoms with Crippen LogP contribution < -0.4 is 0 Å². The molecule has 0 fully saturated rings. The molecule has 0 bridgehead atoms. The van der Waals surface area contributed by atoms with Gasteiger partial charge in [0.2, 0.25) is 0 Å². The molecule has 0 saturated heterocycles. The number of hydrogen-bond acceptors (Lipinski definition) is 4. The zero-order chi connectivity index (χ0) is 10.8. The fraction of sp³-hybridized carbons (Fsp3) is 0.800. The highest BCUT2D eigenvalue weighted by atomic mass is 15.2. The average molecular weight is 194 g/mol. The lowest BCUT2D eigenvalue weighted by molar-refractivity contribution is 0.244. The Labute approximate surface area is 86.3 Å². The minimum atomic E-state index is 0.473. The van der Waals surface area contributed by atoms with E-state index in [2.05, 4.69) is 21.9 Å². The maximum absolute atomic E-state index is 8.54. The highest BCUT2D eigenvalue weighted by Crippen LogP contribution is 1.91. The van der Waals surface area contributed by atoms with Crippen molar-refractivity contribution in [1.29, 1.82) is 10.5 Å². The zero-order valence-electron chi connectivity index (χ0n) is 9.03. The highest BCUT2D eigenvalue weighted by molar-refractivity contribution is 4.79. The summed E-state index contributed by atoms with van der Waals surface area (Å²) in [6.45, 7) is 8.52. The second kappa shape index (κ2) is 8.50. The molecule has 0 spiro atoms. The fourth-order valence-corrected chi connectivity index (χ4v) is 1.18. The molecular weight excluding hydrogens is 176 g/mol. The maximum Gasteiger partial charge on any atom is 0.0866 e. The molecule has 0 aliphatic rings. The minimum absolute atomic E-state index is 0.473. The second-order valence-electron chi connectivity index (χ2n) is 3.05. The van der Waals surface area contributed by atoms with Crippen LogP contribution in [0.1, 0.15) is 13.8 Å². The summed E-state index contributed by atoms with van der Waals surface area (Å²) in [5, 5.41) is 17.1. The number of nitrogens with zero attached hydrogens (tertiary/aromatic N) is 4. The van der Waals surface area contributed by atoms with E-state index in [4.69, 9.17) is 10.5 Å². The van der Waals surface area contributed by atoms with Gasteiger partial charge in [0, 0.05) is 13.1 Å². The van der Waals surface area contributed by atoms with E-state index in [1.165, 1.54) is 0 Å². The molecule has 0 saturated carbocycles. The van der Waals surface area contributed by atoms with E-state index in [1.807, 2.05) is 13.8 Å². The van der Waals surface area contributed by atoms with Crippen LogP contribution in [-0.4, -0.2) is 49.1 Å². The predicted molar refractivity (Wildman–Crippen MR) is 55.5 cm³/mol. The van der Waals surface area contributed by atoms with E-state index >= 15 is 0 Å². The standard InChI is InChI=1S/C10H18N4/c1-3-13(7-5-11)9-10-14(4-2)8-6-12/h3-4,7-10H2,1-2H3. The SMILES string of the molecule is CCN(CC#N)CCN(CC)CC#N. The van der Waals surface area contributed by atoms with Crippen LogP contribution in [0.3, 0.4) is 0 Å². The molecule has 0 unspecified atom stereocenters. The Bertz CT molecular complexity index is 189. The van der Waals surface area contributed by atoms with Gasteiger partial charge in [-0.2, -0.15) is 10.5 Å². The molecule has 0 heterocycles. The van der Waals surface area contributed by atoms with Crippen LogP contribution in [-0.2, 0) is 0 Å². The maximum atomic E-state index is 8.54. The van der Waals surface area contributed by atoms with Gasteiger partial charge in [-0.05, 0) is 13.1 Å². The Kier molecular flexibility index (Phi) is 7.83. The summed E-state index contributed by atoms with van der Waals surface area (Å²) in [6.07, 6.45) is 0. The second-order valence-corrected chi connectivity index (χ2v) is 3.05. The molecule has 0 aromatic carbocycles. The van der Waals surface area contributed by atoms with Crippen LogP contribution in [0, 0.1) is 22.7 Å². The van der Waals surface area contributed by atoms with Crippen molar-refractivity contribution < 1.29 is 0 Å². The molecule has 0 rings (SSSR count). The first-order valence-corrected chi connectivity index (χ1v) is 4.97. The van der Waals surface area contributed by atoms with Gasteiger partial charge in [-0.1, -0.05) is 13.8 Å². The van der Waals surface area contributed by atoms with Crippen molar-refractivity contribution >= 4 is 0 Å². The third-order valence-electron chi connectivity index (χ3n) is 2.22. The van der Waals surface area contributed by atoms with Gasteiger partial charge in [0.25, 0.3) is 0 Å². The largest absolute Gasteiger partial charge is 0.290 e. The molecule has 0 aromatic rings.